The smallest absolute Gasteiger partial charge is 0.480 e. The second-order valence-electron chi connectivity index (χ2n) is 26.2. The van der Waals surface area contributed by atoms with Gasteiger partial charge in [-0.15, -0.1) is 0 Å². The molecular formula is C64H122N24O19PS+7. The first-order valence-electron chi connectivity index (χ1n) is 35.8. The van der Waals surface area contributed by atoms with Crippen LogP contribution in [0.4, 0.5) is 0 Å². The van der Waals surface area contributed by atoms with E-state index in [-0.39, 0.29) is 108 Å². The number of aliphatic carboxylic acids is 1. The number of nitrogens with two attached hydrogens (primary N) is 7. The van der Waals surface area contributed by atoms with E-state index in [1.165, 1.54) is 18.7 Å². The number of carboxylic acids is 1. The van der Waals surface area contributed by atoms with Crippen molar-refractivity contribution in [2.24, 2.45) is 46.1 Å². The summed E-state index contributed by atoms with van der Waals surface area (Å²) >= 11 is 1.32. The number of hydrogen-bond acceptors (Lipinski definition) is 19. The van der Waals surface area contributed by atoms with Crippen molar-refractivity contribution in [1.82, 2.24) is 58.5 Å². The Morgan fingerprint density at radius 2 is 0.807 bits per heavy atom. The SMILES string of the molecule is CSCC[C@H](NC(=O)[C@H](CCC[NH+]=C(N)N)NC(=O)[C@H](CCC[NH+]=C(N)N)NC(=O)[C@H](Cc1ccccc1)NC(=O)[C@H](CO[P+](O)(O)O)NC(=O)[C@H](CCC(N)=O)NC(=O)[C@H](CCC[NH+]=C(N)N)NC(=O)[C@H](CC(C)C)NC(=O)[C@H](CO)NC(=O)[C@H](CCCC[NH3+])NC(=O)[C@@H]([NH3+])CCCC[NH3+])C(=O)N[C@@H](C)C(=O)O. The Hall–Kier alpha value is -9.40. The fourth-order valence-corrected chi connectivity index (χ4v) is 11.2. The molecule has 12 atom stereocenters. The number of carboxylic acid groups (broad SMARTS) is 1. The lowest BCUT2D eigenvalue weighted by atomic mass is 10.0. The van der Waals surface area contributed by atoms with Crippen molar-refractivity contribution in [2.45, 2.75) is 202 Å². The molecule has 1 aromatic rings. The summed E-state index contributed by atoms with van der Waals surface area (Å²) in [4.78, 5) is 219. The number of guanidine groups is 3. The topological polar surface area (TPSA) is 772 Å². The zero-order chi connectivity index (χ0) is 82.3. The molecule has 616 valence electrons. The number of nitrogens with one attached hydrogen (secondary N) is 14. The summed E-state index contributed by atoms with van der Waals surface area (Å²) in [6.07, 6.45) is 2.58. The summed E-state index contributed by atoms with van der Waals surface area (Å²) in [5.74, 6) is -13.9. The number of rotatable bonds is 57. The van der Waals surface area contributed by atoms with E-state index in [4.69, 9.17) is 44.7 Å². The molecule has 1 aromatic carbocycles. The van der Waals surface area contributed by atoms with Crippen LogP contribution in [-0.2, 0) is 73.3 Å². The third-order valence-corrected chi connectivity index (χ3v) is 17.5. The average molecular weight is 1590 g/mol. The first-order valence-corrected chi connectivity index (χ1v) is 38.8. The third-order valence-electron chi connectivity index (χ3n) is 16.3. The van der Waals surface area contributed by atoms with Gasteiger partial charge in [0.05, 0.1) is 39.3 Å². The quantitative estimate of drug-likeness (QED) is 0.0125. The van der Waals surface area contributed by atoms with Crippen LogP contribution in [-0.4, -0.2) is 250 Å². The van der Waals surface area contributed by atoms with Crippen LogP contribution < -0.4 is 131 Å². The van der Waals surface area contributed by atoms with Gasteiger partial charge in [-0.1, -0.05) is 44.2 Å². The number of carbonyl (C=O) groups is 13. The van der Waals surface area contributed by atoms with E-state index in [9.17, 15) is 87.2 Å². The normalized spacial score (nSPS) is 14.5. The number of aliphatic hydroxyl groups is 1. The molecule has 0 aliphatic carbocycles. The van der Waals surface area contributed by atoms with Crippen LogP contribution in [0.25, 0.3) is 0 Å². The number of amides is 12. The highest BCUT2D eigenvalue weighted by atomic mass is 32.2. The molecule has 0 bridgehead atoms. The lowest BCUT2D eigenvalue weighted by molar-refractivity contribution is -0.460. The molecule has 0 heterocycles. The van der Waals surface area contributed by atoms with Crippen LogP contribution in [0.2, 0.25) is 0 Å². The van der Waals surface area contributed by atoms with Gasteiger partial charge in [-0.25, -0.2) is 0 Å². The number of quaternary nitrogens is 3. The maximum atomic E-state index is 14.9. The van der Waals surface area contributed by atoms with Crippen molar-refractivity contribution < 1.29 is 124 Å². The summed E-state index contributed by atoms with van der Waals surface area (Å²) in [5, 5.41) is 47.5. The van der Waals surface area contributed by atoms with Gasteiger partial charge in [-0.2, -0.15) is 31.0 Å². The number of benzene rings is 1. The van der Waals surface area contributed by atoms with Crippen LogP contribution in [0.15, 0.2) is 30.3 Å². The minimum atomic E-state index is -5.28. The number of carbonyl (C=O) groups excluding carboxylic acids is 12. The third kappa shape index (κ3) is 42.8. The van der Waals surface area contributed by atoms with E-state index in [1.54, 1.807) is 50.4 Å². The first kappa shape index (κ1) is 97.6. The number of aliphatic hydroxyl groups excluding tert-OH is 1. The second-order valence-corrected chi connectivity index (χ2v) is 28.5. The monoisotopic (exact) mass is 1590 g/mol. The van der Waals surface area contributed by atoms with E-state index >= 15 is 0 Å². The molecule has 0 saturated carbocycles. The van der Waals surface area contributed by atoms with Gasteiger partial charge < -0.3 is 91.6 Å². The van der Waals surface area contributed by atoms with Crippen molar-refractivity contribution in [3.05, 3.63) is 35.9 Å². The summed E-state index contributed by atoms with van der Waals surface area (Å²) in [6, 6.07) is -10.2. The molecule has 0 radical (unpaired) electrons. The number of primary amides is 1. The Morgan fingerprint density at radius 1 is 0.459 bits per heavy atom. The minimum Gasteiger partial charge on any atom is -0.480 e. The lowest BCUT2D eigenvalue weighted by Gasteiger charge is -2.28. The van der Waals surface area contributed by atoms with Gasteiger partial charge in [0, 0.05) is 19.3 Å². The summed E-state index contributed by atoms with van der Waals surface area (Å²) in [7, 11) is -5.28. The molecular weight excluding hydrogens is 1470 g/mol. The molecule has 1 rings (SSSR count). The highest BCUT2D eigenvalue weighted by Gasteiger charge is 2.40. The van der Waals surface area contributed by atoms with Gasteiger partial charge >= 0.3 is 32.0 Å². The molecule has 43 nitrogen and oxygen atoms in total. The highest BCUT2D eigenvalue weighted by molar-refractivity contribution is 7.98. The molecule has 109 heavy (non-hydrogen) atoms. The van der Waals surface area contributed by atoms with E-state index in [0.29, 0.717) is 50.1 Å². The van der Waals surface area contributed by atoms with E-state index in [0.717, 1.165) is 6.42 Å². The average Bonchev–Trinajstić information content (AvgIpc) is 0.854. The van der Waals surface area contributed by atoms with Gasteiger partial charge in [0.1, 0.15) is 73.1 Å². The van der Waals surface area contributed by atoms with Crippen LogP contribution in [0.1, 0.15) is 129 Å². The Balaban J connectivity index is 3.95. The van der Waals surface area contributed by atoms with E-state index in [1.807, 2.05) is 0 Å². The van der Waals surface area contributed by atoms with Gasteiger partial charge in [0.15, 0.2) is 6.04 Å². The molecule has 0 aliphatic rings. The molecule has 42 N–H and O–H groups in total. The predicted molar refractivity (Wildman–Crippen MR) is 397 cm³/mol. The highest BCUT2D eigenvalue weighted by Crippen LogP contribution is 2.45. The second kappa shape index (κ2) is 53.4. The van der Waals surface area contributed by atoms with Gasteiger partial charge in [0.2, 0.25) is 65.0 Å². The zero-order valence-electron chi connectivity index (χ0n) is 62.5. The number of thioether (sulfide) groups is 1. The molecule has 0 fully saturated rings. The predicted octanol–water partition coefficient (Wildman–Crippen LogP) is -16.8. The van der Waals surface area contributed by atoms with Crippen LogP contribution in [0.3, 0.4) is 0 Å². The summed E-state index contributed by atoms with van der Waals surface area (Å²) in [5.41, 5.74) is 51.1. The molecule has 0 saturated heterocycles. The minimum absolute atomic E-state index is 0.00344. The Labute approximate surface area is 636 Å². The van der Waals surface area contributed by atoms with Crippen molar-refractivity contribution in [3.63, 3.8) is 0 Å². The maximum absolute atomic E-state index is 14.9. The Bertz CT molecular complexity index is 3170. The van der Waals surface area contributed by atoms with Crippen molar-refractivity contribution in [3.8, 4) is 0 Å². The fraction of sp³-hybridized carbons (Fsp3) is 0.656. The van der Waals surface area contributed by atoms with Crippen LogP contribution in [0.5, 0.6) is 0 Å². The molecule has 0 aliphatic heterocycles. The maximum Gasteiger partial charge on any atom is 0.567 e. The summed E-state index contributed by atoms with van der Waals surface area (Å²) < 4.78 is 4.83. The van der Waals surface area contributed by atoms with Crippen molar-refractivity contribution in [2.75, 3.05) is 57.9 Å². The standard InChI is InChI=1S/C64H115N24O19PS/c1-35(2)31-45(85-59(100)47(33-89)87-55(96)39(18-9-11-26-66)79-50(91)38(67)17-8-10-25-65)57(98)81-42(21-14-29-77-64(73)74)53(94)83-43(22-23-49(68)90)56(97)88-48(34-107-108(104,105)106)60(101)86-46(32-37-15-6-5-7-16-37)58(99)82-41(20-13-28-76-63(71)72)52(93)80-40(19-12-27-75-62(69)70)54(95)84-44(24-30-109-4)51(92)78-36(3)61(102)103/h5-7,15-16,35-36,38-48,89,104-106H,8-14,17-34,65-67H2,1-4H3,(H25-,68,69,70,71,72,73,74,75,76,77,78,79,80,81,82,83,84,85,86,87,88,90,91,92,93,94,95,96,97,98,99,100,101,102,103)/p+7/t36-,38-,39-,40-,41-,42-,43-,44-,45-,46-,47-,48-/m0/s1. The number of hydrogen-bond donors (Lipinski definition) is 29. The molecule has 12 amide bonds. The van der Waals surface area contributed by atoms with Gasteiger partial charge in [-0.3, -0.25) is 112 Å². The van der Waals surface area contributed by atoms with Gasteiger partial charge in [-0.05, 0) is 120 Å². The van der Waals surface area contributed by atoms with Crippen LogP contribution >= 0.6 is 19.9 Å². The first-order chi connectivity index (χ1) is 51.4. The van der Waals surface area contributed by atoms with Crippen molar-refractivity contribution >= 4 is 115 Å². The van der Waals surface area contributed by atoms with Crippen molar-refractivity contribution in [1.29, 1.82) is 0 Å². The zero-order valence-corrected chi connectivity index (χ0v) is 64.3. The van der Waals surface area contributed by atoms with Crippen LogP contribution in [0, 0.1) is 5.92 Å². The lowest BCUT2D eigenvalue weighted by Crippen LogP contribution is -2.78. The summed E-state index contributed by atoms with van der Waals surface area (Å²) in [6.45, 7) is 3.66. The van der Waals surface area contributed by atoms with Gasteiger partial charge in [0.25, 0.3) is 5.91 Å². The molecule has 0 unspecified atom stereocenters. The van der Waals surface area contributed by atoms with E-state index in [2.05, 4.69) is 90.7 Å². The van der Waals surface area contributed by atoms with E-state index < -0.39 is 184 Å². The molecule has 45 heteroatoms. The molecule has 0 spiro atoms. The fourth-order valence-electron chi connectivity index (χ4n) is 10.4. The largest absolute Gasteiger partial charge is 0.567 e. The number of unbranched alkanes of at least 4 members (excludes halogenated alkanes) is 2. The Kier molecular flexibility index (Phi) is 47.8. The molecule has 0 aromatic heterocycles. The Morgan fingerprint density at radius 3 is 1.21 bits per heavy atom.